The minimum Gasteiger partial charge on any atom is -0.492 e. The van der Waals surface area contributed by atoms with Crippen molar-refractivity contribution in [2.24, 2.45) is 0 Å². The van der Waals surface area contributed by atoms with Gasteiger partial charge in [0.15, 0.2) is 0 Å². The second-order valence-electron chi connectivity index (χ2n) is 5.92. The van der Waals surface area contributed by atoms with E-state index in [-0.39, 0.29) is 5.91 Å². The van der Waals surface area contributed by atoms with Gasteiger partial charge >= 0.3 is 0 Å². The Morgan fingerprint density at radius 2 is 1.68 bits per heavy atom. The molecule has 1 aliphatic heterocycles. The highest BCUT2D eigenvalue weighted by Crippen LogP contribution is 2.23. The molecule has 1 aliphatic rings. The number of para-hydroxylation sites is 1. The molecule has 1 fully saturated rings. The van der Waals surface area contributed by atoms with Crippen LogP contribution in [0.4, 0.5) is 0 Å². The number of piperazine rings is 1. The molecule has 0 spiro atoms. The van der Waals surface area contributed by atoms with Gasteiger partial charge in [0.05, 0.1) is 10.0 Å². The van der Waals surface area contributed by atoms with E-state index < -0.39 is 0 Å². The molecule has 6 heteroatoms. The van der Waals surface area contributed by atoms with E-state index in [0.717, 1.165) is 25.4 Å². The smallest absolute Gasteiger partial charge is 0.253 e. The Morgan fingerprint density at radius 3 is 2.36 bits per heavy atom. The summed E-state index contributed by atoms with van der Waals surface area (Å²) in [7, 11) is 0. The molecule has 0 bridgehead atoms. The van der Waals surface area contributed by atoms with Crippen molar-refractivity contribution in [1.29, 1.82) is 0 Å². The predicted molar refractivity (Wildman–Crippen MR) is 101 cm³/mol. The molecular weight excluding hydrogens is 359 g/mol. The highest BCUT2D eigenvalue weighted by molar-refractivity contribution is 6.42. The molecule has 0 atom stereocenters. The van der Waals surface area contributed by atoms with Gasteiger partial charge in [-0.3, -0.25) is 9.69 Å². The Balaban J connectivity index is 1.45. The Kier molecular flexibility index (Phi) is 6.19. The zero-order valence-corrected chi connectivity index (χ0v) is 15.3. The molecule has 3 rings (SSSR count). The molecule has 0 saturated carbocycles. The summed E-state index contributed by atoms with van der Waals surface area (Å²) in [5, 5.41) is 0.866. The first-order valence-corrected chi connectivity index (χ1v) is 9.03. The average molecular weight is 379 g/mol. The van der Waals surface area contributed by atoms with Crippen LogP contribution in [0, 0.1) is 0 Å². The van der Waals surface area contributed by atoms with Gasteiger partial charge in [-0.25, -0.2) is 0 Å². The normalized spacial score (nSPS) is 15.2. The van der Waals surface area contributed by atoms with E-state index in [1.807, 2.05) is 35.2 Å². The van der Waals surface area contributed by atoms with Crippen LogP contribution in [-0.2, 0) is 0 Å². The number of hydrogen-bond donors (Lipinski definition) is 0. The van der Waals surface area contributed by atoms with Gasteiger partial charge in [0.25, 0.3) is 5.91 Å². The van der Waals surface area contributed by atoms with Crippen LogP contribution in [0.3, 0.4) is 0 Å². The molecule has 2 aromatic carbocycles. The monoisotopic (exact) mass is 378 g/mol. The molecule has 0 N–H and O–H groups in total. The molecule has 132 valence electrons. The molecule has 1 heterocycles. The van der Waals surface area contributed by atoms with E-state index in [1.165, 1.54) is 0 Å². The quantitative estimate of drug-likeness (QED) is 0.792. The average Bonchev–Trinajstić information content (AvgIpc) is 2.65. The maximum atomic E-state index is 12.5. The summed E-state index contributed by atoms with van der Waals surface area (Å²) in [4.78, 5) is 16.7. The van der Waals surface area contributed by atoms with Crippen LogP contribution in [-0.4, -0.2) is 55.0 Å². The maximum Gasteiger partial charge on any atom is 0.253 e. The fourth-order valence-corrected chi connectivity index (χ4v) is 3.09. The van der Waals surface area contributed by atoms with E-state index in [1.54, 1.807) is 18.2 Å². The molecule has 25 heavy (non-hydrogen) atoms. The van der Waals surface area contributed by atoms with Crippen molar-refractivity contribution in [3.63, 3.8) is 0 Å². The van der Waals surface area contributed by atoms with Crippen LogP contribution >= 0.6 is 23.2 Å². The zero-order valence-electron chi connectivity index (χ0n) is 13.8. The Hall–Kier alpha value is -1.75. The topological polar surface area (TPSA) is 32.8 Å². The Morgan fingerprint density at radius 1 is 0.960 bits per heavy atom. The number of nitrogens with zero attached hydrogens (tertiary/aromatic N) is 2. The van der Waals surface area contributed by atoms with Crippen molar-refractivity contribution in [1.82, 2.24) is 9.80 Å². The van der Waals surface area contributed by atoms with Gasteiger partial charge in [-0.1, -0.05) is 41.4 Å². The summed E-state index contributed by atoms with van der Waals surface area (Å²) in [6.45, 7) is 4.57. The molecule has 1 amide bonds. The Bertz CT molecular complexity index is 717. The summed E-state index contributed by atoms with van der Waals surface area (Å²) in [6.07, 6.45) is 0. The fourth-order valence-electron chi connectivity index (χ4n) is 2.80. The number of amides is 1. The lowest BCUT2D eigenvalue weighted by molar-refractivity contribution is 0.0620. The van der Waals surface area contributed by atoms with Gasteiger partial charge < -0.3 is 9.64 Å². The molecule has 0 aliphatic carbocycles. The van der Waals surface area contributed by atoms with Gasteiger partial charge in [-0.05, 0) is 30.3 Å². The van der Waals surface area contributed by atoms with Crippen molar-refractivity contribution in [3.05, 3.63) is 64.1 Å². The summed E-state index contributed by atoms with van der Waals surface area (Å²) in [6, 6.07) is 14.8. The number of halogens is 2. The van der Waals surface area contributed by atoms with Gasteiger partial charge in [-0.15, -0.1) is 0 Å². The van der Waals surface area contributed by atoms with E-state index in [4.69, 9.17) is 27.9 Å². The SMILES string of the molecule is O=C(c1ccc(Cl)c(Cl)c1)N1CCN(CCOc2ccccc2)CC1. The number of carbonyl (C=O) groups excluding carboxylic acids is 1. The number of benzene rings is 2. The van der Waals surface area contributed by atoms with Gasteiger partial charge in [0.1, 0.15) is 12.4 Å². The van der Waals surface area contributed by atoms with E-state index >= 15 is 0 Å². The Labute approximate surface area is 157 Å². The molecule has 0 unspecified atom stereocenters. The largest absolute Gasteiger partial charge is 0.492 e. The van der Waals surface area contributed by atoms with Gasteiger partial charge in [0, 0.05) is 38.3 Å². The molecular formula is C19H20Cl2N2O2. The first kappa shape index (κ1) is 18.1. The number of hydrogen-bond acceptors (Lipinski definition) is 3. The van der Waals surface area contributed by atoms with Crippen LogP contribution in [0.15, 0.2) is 48.5 Å². The summed E-state index contributed by atoms with van der Waals surface area (Å²) < 4.78 is 5.73. The fraction of sp³-hybridized carbons (Fsp3) is 0.316. The van der Waals surface area contributed by atoms with Crippen LogP contribution in [0.25, 0.3) is 0 Å². The lowest BCUT2D eigenvalue weighted by Crippen LogP contribution is -2.49. The number of carbonyl (C=O) groups is 1. The third-order valence-corrected chi connectivity index (χ3v) is 4.98. The third kappa shape index (κ3) is 4.88. The predicted octanol–water partition coefficient (Wildman–Crippen LogP) is 3.83. The molecule has 4 nitrogen and oxygen atoms in total. The maximum absolute atomic E-state index is 12.5. The first-order chi connectivity index (χ1) is 12.1. The van der Waals surface area contributed by atoms with E-state index in [9.17, 15) is 4.79 Å². The summed E-state index contributed by atoms with van der Waals surface area (Å²) in [5.74, 6) is 0.884. The lowest BCUT2D eigenvalue weighted by atomic mass is 10.2. The lowest BCUT2D eigenvalue weighted by Gasteiger charge is -2.34. The summed E-state index contributed by atoms with van der Waals surface area (Å²) in [5.41, 5.74) is 0.579. The van der Waals surface area contributed by atoms with Gasteiger partial charge in [0.2, 0.25) is 0 Å². The number of rotatable bonds is 5. The molecule has 0 aromatic heterocycles. The summed E-state index contributed by atoms with van der Waals surface area (Å²) >= 11 is 11.9. The first-order valence-electron chi connectivity index (χ1n) is 8.28. The van der Waals surface area contributed by atoms with Crippen LogP contribution in [0.2, 0.25) is 10.0 Å². The molecule has 1 saturated heterocycles. The number of ether oxygens (including phenoxy) is 1. The van der Waals surface area contributed by atoms with Crippen molar-refractivity contribution in [3.8, 4) is 5.75 Å². The minimum absolute atomic E-state index is 0.00116. The highest BCUT2D eigenvalue weighted by Gasteiger charge is 2.22. The van der Waals surface area contributed by atoms with Crippen LogP contribution in [0.1, 0.15) is 10.4 Å². The zero-order chi connectivity index (χ0) is 17.6. The molecule has 2 aromatic rings. The van der Waals surface area contributed by atoms with E-state index in [2.05, 4.69) is 4.90 Å². The second-order valence-corrected chi connectivity index (χ2v) is 6.74. The minimum atomic E-state index is -0.00116. The van der Waals surface area contributed by atoms with Crippen LogP contribution < -0.4 is 4.74 Å². The van der Waals surface area contributed by atoms with E-state index in [0.29, 0.717) is 35.3 Å². The van der Waals surface area contributed by atoms with Crippen molar-refractivity contribution in [2.75, 3.05) is 39.3 Å². The highest BCUT2D eigenvalue weighted by atomic mass is 35.5. The van der Waals surface area contributed by atoms with Crippen molar-refractivity contribution in [2.45, 2.75) is 0 Å². The second kappa shape index (κ2) is 8.56. The van der Waals surface area contributed by atoms with Crippen LogP contribution in [0.5, 0.6) is 5.75 Å². The third-order valence-electron chi connectivity index (χ3n) is 4.25. The molecule has 0 radical (unpaired) electrons. The van der Waals surface area contributed by atoms with Crippen molar-refractivity contribution >= 4 is 29.1 Å². The standard InChI is InChI=1S/C19H20Cl2N2O2/c20-17-7-6-15(14-18(17)21)19(24)23-10-8-22(9-11-23)12-13-25-16-4-2-1-3-5-16/h1-7,14H,8-13H2. The van der Waals surface area contributed by atoms with Gasteiger partial charge in [-0.2, -0.15) is 0 Å². The van der Waals surface area contributed by atoms with Crippen molar-refractivity contribution < 1.29 is 9.53 Å².